The Kier molecular flexibility index (Phi) is 4.62. The molecule has 3 heterocycles. The van der Waals surface area contributed by atoms with Crippen molar-refractivity contribution in [2.75, 3.05) is 13.1 Å². The number of nitrogens with one attached hydrogen (secondary N) is 1. The van der Waals surface area contributed by atoms with Crippen LogP contribution in [-0.2, 0) is 6.54 Å². The number of H-pyrrole nitrogens is 1. The number of hydrogen-bond acceptors (Lipinski definition) is 5. The van der Waals surface area contributed by atoms with Gasteiger partial charge in [0.15, 0.2) is 11.2 Å². The molecule has 8 nitrogen and oxygen atoms in total. The highest BCUT2D eigenvalue weighted by Crippen LogP contribution is 2.22. The quantitative estimate of drug-likeness (QED) is 0.736. The van der Waals surface area contributed by atoms with E-state index in [9.17, 15) is 18.4 Å². The van der Waals surface area contributed by atoms with Gasteiger partial charge in [-0.2, -0.15) is 0 Å². The molecule has 0 spiro atoms. The SMILES string of the molecule is Cc1nc2c(nnn2C[C@H]2CCCN(C(=O)c3ccc(F)cc3F)C2)c(=O)[nH]1. The van der Waals surface area contributed by atoms with E-state index >= 15 is 0 Å². The van der Waals surface area contributed by atoms with Crippen molar-refractivity contribution in [3.63, 3.8) is 0 Å². The molecule has 1 N–H and O–H groups in total. The van der Waals surface area contributed by atoms with E-state index in [1.54, 1.807) is 16.5 Å². The van der Waals surface area contributed by atoms with Gasteiger partial charge in [0, 0.05) is 25.7 Å². The van der Waals surface area contributed by atoms with E-state index in [1.165, 1.54) is 6.07 Å². The Morgan fingerprint density at radius 1 is 1.36 bits per heavy atom. The Morgan fingerprint density at radius 3 is 2.96 bits per heavy atom. The van der Waals surface area contributed by atoms with Gasteiger partial charge in [-0.05, 0) is 37.8 Å². The van der Waals surface area contributed by atoms with Crippen LogP contribution in [0, 0.1) is 24.5 Å². The molecule has 10 heteroatoms. The van der Waals surface area contributed by atoms with Crippen LogP contribution >= 0.6 is 0 Å². The van der Waals surface area contributed by atoms with Crippen LogP contribution in [0.1, 0.15) is 29.0 Å². The number of rotatable bonds is 3. The Morgan fingerprint density at radius 2 is 2.18 bits per heavy atom. The largest absolute Gasteiger partial charge is 0.338 e. The number of aryl methyl sites for hydroxylation is 1. The minimum Gasteiger partial charge on any atom is -0.338 e. The van der Waals surface area contributed by atoms with E-state index in [0.29, 0.717) is 37.2 Å². The van der Waals surface area contributed by atoms with Gasteiger partial charge >= 0.3 is 0 Å². The van der Waals surface area contributed by atoms with Crippen LogP contribution in [0.5, 0.6) is 0 Å². The number of piperidine rings is 1. The highest BCUT2D eigenvalue weighted by molar-refractivity contribution is 5.94. The molecule has 2 aromatic heterocycles. The normalized spacial score (nSPS) is 17.2. The summed E-state index contributed by atoms with van der Waals surface area (Å²) in [5.41, 5.74) is 0.0788. The number of likely N-dealkylation sites (tertiary alicyclic amines) is 1. The van der Waals surface area contributed by atoms with Gasteiger partial charge in [0.25, 0.3) is 11.5 Å². The lowest BCUT2D eigenvalue weighted by Gasteiger charge is -2.32. The lowest BCUT2D eigenvalue weighted by Crippen LogP contribution is -2.41. The third-order valence-electron chi connectivity index (χ3n) is 4.89. The van der Waals surface area contributed by atoms with Crippen molar-refractivity contribution in [2.24, 2.45) is 5.92 Å². The number of aromatic nitrogens is 5. The third kappa shape index (κ3) is 3.37. The number of fused-ring (bicyclic) bond motifs is 1. The predicted molar refractivity (Wildman–Crippen MR) is 95.7 cm³/mol. The van der Waals surface area contributed by atoms with Crippen LogP contribution in [0.3, 0.4) is 0 Å². The smallest absolute Gasteiger partial charge is 0.281 e. The van der Waals surface area contributed by atoms with E-state index in [4.69, 9.17) is 0 Å². The Balaban J connectivity index is 1.53. The molecule has 28 heavy (non-hydrogen) atoms. The van der Waals surface area contributed by atoms with E-state index < -0.39 is 17.5 Å². The minimum atomic E-state index is -0.867. The Hall–Kier alpha value is -3.17. The molecule has 1 saturated heterocycles. The molecule has 1 atom stereocenters. The third-order valence-corrected chi connectivity index (χ3v) is 4.89. The standard InChI is InChI=1S/C18H18F2N6O2/c1-10-21-16-15(17(27)22-10)23-24-26(16)9-11-3-2-6-25(8-11)18(28)13-5-4-12(19)7-14(13)20/h4-5,7,11H,2-3,6,8-9H2,1H3,(H,21,22,27)/t11-/m0/s1. The first-order chi connectivity index (χ1) is 13.4. The first-order valence-electron chi connectivity index (χ1n) is 8.97. The number of benzene rings is 1. The average Bonchev–Trinajstić information content (AvgIpc) is 3.04. The molecular weight excluding hydrogens is 370 g/mol. The van der Waals surface area contributed by atoms with Gasteiger partial charge in [0.05, 0.1) is 5.56 Å². The van der Waals surface area contributed by atoms with E-state index in [2.05, 4.69) is 20.3 Å². The zero-order valence-electron chi connectivity index (χ0n) is 15.2. The fourth-order valence-corrected chi connectivity index (χ4v) is 3.58. The molecule has 1 fully saturated rings. The maximum Gasteiger partial charge on any atom is 0.281 e. The summed E-state index contributed by atoms with van der Waals surface area (Å²) in [5, 5.41) is 7.91. The Labute approximate surface area is 158 Å². The fourth-order valence-electron chi connectivity index (χ4n) is 3.58. The first kappa shape index (κ1) is 18.2. The topological polar surface area (TPSA) is 96.8 Å². The van der Waals surface area contributed by atoms with Crippen LogP contribution in [0.2, 0.25) is 0 Å². The molecule has 146 valence electrons. The molecule has 0 saturated carbocycles. The van der Waals surface area contributed by atoms with Crippen molar-refractivity contribution >= 4 is 17.1 Å². The second-order valence-corrected chi connectivity index (χ2v) is 6.98. The van der Waals surface area contributed by atoms with Crippen molar-refractivity contribution in [3.05, 3.63) is 51.6 Å². The van der Waals surface area contributed by atoms with Crippen LogP contribution in [0.25, 0.3) is 11.2 Å². The van der Waals surface area contributed by atoms with Crippen molar-refractivity contribution in [3.8, 4) is 0 Å². The van der Waals surface area contributed by atoms with E-state index in [1.807, 2.05) is 0 Å². The van der Waals surface area contributed by atoms with E-state index in [0.717, 1.165) is 18.9 Å². The van der Waals surface area contributed by atoms with Crippen LogP contribution in [-0.4, -0.2) is 48.9 Å². The van der Waals surface area contributed by atoms with Crippen molar-refractivity contribution < 1.29 is 13.6 Å². The minimum absolute atomic E-state index is 0.0486. The number of carbonyl (C=O) groups is 1. The molecule has 1 aliphatic rings. The van der Waals surface area contributed by atoms with Gasteiger partial charge < -0.3 is 9.88 Å². The van der Waals surface area contributed by atoms with Crippen LogP contribution < -0.4 is 5.56 Å². The molecule has 0 bridgehead atoms. The molecule has 1 amide bonds. The number of aromatic amines is 1. The highest BCUT2D eigenvalue weighted by atomic mass is 19.1. The summed E-state index contributed by atoms with van der Waals surface area (Å²) in [4.78, 5) is 33.0. The number of amides is 1. The number of hydrogen-bond donors (Lipinski definition) is 1. The summed E-state index contributed by atoms with van der Waals surface area (Å²) in [6.07, 6.45) is 1.60. The molecule has 3 aromatic rings. The maximum absolute atomic E-state index is 14.0. The second-order valence-electron chi connectivity index (χ2n) is 6.98. The summed E-state index contributed by atoms with van der Waals surface area (Å²) < 4.78 is 28.6. The molecule has 1 aromatic carbocycles. The monoisotopic (exact) mass is 388 g/mol. The molecule has 1 aliphatic heterocycles. The van der Waals surface area contributed by atoms with Crippen molar-refractivity contribution in [1.82, 2.24) is 29.9 Å². The van der Waals surface area contributed by atoms with Gasteiger partial charge in [-0.15, -0.1) is 5.10 Å². The number of carbonyl (C=O) groups excluding carboxylic acids is 1. The lowest BCUT2D eigenvalue weighted by atomic mass is 9.97. The summed E-state index contributed by atoms with van der Waals surface area (Å²) in [6.45, 7) is 3.01. The zero-order valence-corrected chi connectivity index (χ0v) is 15.2. The summed E-state index contributed by atoms with van der Waals surface area (Å²) in [6, 6.07) is 2.95. The number of halogens is 2. The molecule has 0 radical (unpaired) electrons. The molecular formula is C18H18F2N6O2. The summed E-state index contributed by atoms with van der Waals surface area (Å²) in [7, 11) is 0. The lowest BCUT2D eigenvalue weighted by molar-refractivity contribution is 0.0655. The predicted octanol–water partition coefficient (Wildman–Crippen LogP) is 1.65. The first-order valence-corrected chi connectivity index (χ1v) is 8.97. The van der Waals surface area contributed by atoms with Gasteiger partial charge in [-0.1, -0.05) is 5.21 Å². The van der Waals surface area contributed by atoms with Gasteiger partial charge in [0.2, 0.25) is 0 Å². The van der Waals surface area contributed by atoms with E-state index in [-0.39, 0.29) is 22.6 Å². The van der Waals surface area contributed by atoms with Crippen LogP contribution in [0.4, 0.5) is 8.78 Å². The summed E-state index contributed by atoms with van der Waals surface area (Å²) in [5.74, 6) is -1.54. The average molecular weight is 388 g/mol. The van der Waals surface area contributed by atoms with Crippen molar-refractivity contribution in [1.29, 1.82) is 0 Å². The zero-order chi connectivity index (χ0) is 19.8. The molecule has 0 aliphatic carbocycles. The van der Waals surface area contributed by atoms with Gasteiger partial charge in [0.1, 0.15) is 17.5 Å². The number of nitrogens with zero attached hydrogens (tertiary/aromatic N) is 5. The Bertz CT molecular complexity index is 1110. The van der Waals surface area contributed by atoms with Gasteiger partial charge in [-0.3, -0.25) is 9.59 Å². The van der Waals surface area contributed by atoms with Crippen LogP contribution in [0.15, 0.2) is 23.0 Å². The molecule has 4 rings (SSSR count). The van der Waals surface area contributed by atoms with Gasteiger partial charge in [-0.25, -0.2) is 18.4 Å². The second kappa shape index (κ2) is 7.10. The molecule has 0 unspecified atom stereocenters. The van der Waals surface area contributed by atoms with Crippen molar-refractivity contribution in [2.45, 2.75) is 26.3 Å². The maximum atomic E-state index is 14.0. The summed E-state index contributed by atoms with van der Waals surface area (Å²) >= 11 is 0. The highest BCUT2D eigenvalue weighted by Gasteiger charge is 2.27. The fraction of sp³-hybridized carbons (Fsp3) is 0.389.